The first-order valence-electron chi connectivity index (χ1n) is 8.51. The van der Waals surface area contributed by atoms with Crippen LogP contribution in [0.5, 0.6) is 0 Å². The predicted molar refractivity (Wildman–Crippen MR) is 105 cm³/mol. The maximum atomic E-state index is 12.5. The largest absolute Gasteiger partial charge is 0.351 e. The van der Waals surface area contributed by atoms with Crippen LogP contribution in [0.3, 0.4) is 0 Å². The number of rotatable bonds is 4. The highest BCUT2D eigenvalue weighted by Crippen LogP contribution is 2.28. The molecule has 8 nitrogen and oxygen atoms in total. The van der Waals surface area contributed by atoms with Gasteiger partial charge in [0.2, 0.25) is 0 Å². The van der Waals surface area contributed by atoms with E-state index in [1.807, 2.05) is 11.1 Å². The molecule has 1 saturated carbocycles. The molecule has 0 aromatic carbocycles. The first-order chi connectivity index (χ1) is 12.2. The molecular formula is C16H22ClN7OS. The van der Waals surface area contributed by atoms with Gasteiger partial charge < -0.3 is 20.9 Å². The summed E-state index contributed by atoms with van der Waals surface area (Å²) in [5.74, 6) is 1.88. The van der Waals surface area contributed by atoms with E-state index in [4.69, 9.17) is 5.73 Å². The summed E-state index contributed by atoms with van der Waals surface area (Å²) in [7, 11) is 0. The molecule has 10 heteroatoms. The van der Waals surface area contributed by atoms with Crippen molar-refractivity contribution in [3.63, 3.8) is 0 Å². The van der Waals surface area contributed by atoms with Gasteiger partial charge in [0, 0.05) is 31.1 Å². The maximum Gasteiger partial charge on any atom is 0.259 e. The zero-order chi connectivity index (χ0) is 17.2. The molecule has 2 aliphatic rings. The van der Waals surface area contributed by atoms with Gasteiger partial charge in [-0.05, 0) is 18.8 Å². The molecule has 2 atom stereocenters. The molecule has 1 fully saturated rings. The van der Waals surface area contributed by atoms with Crippen LogP contribution >= 0.6 is 24.2 Å². The second-order valence-electron chi connectivity index (χ2n) is 6.40. The van der Waals surface area contributed by atoms with Gasteiger partial charge in [0.25, 0.3) is 5.91 Å². The zero-order valence-corrected chi connectivity index (χ0v) is 15.9. The highest BCUT2D eigenvalue weighted by molar-refractivity contribution is 8.04. The van der Waals surface area contributed by atoms with Gasteiger partial charge in [-0.1, -0.05) is 6.42 Å². The molecule has 4 rings (SSSR count). The van der Waals surface area contributed by atoms with Crippen molar-refractivity contribution in [1.82, 2.24) is 25.3 Å². The van der Waals surface area contributed by atoms with E-state index in [2.05, 4.69) is 25.3 Å². The van der Waals surface area contributed by atoms with E-state index in [1.54, 1.807) is 18.1 Å². The number of nitrogens with two attached hydrogens (primary N) is 1. The summed E-state index contributed by atoms with van der Waals surface area (Å²) in [6, 6.07) is 0.207. The van der Waals surface area contributed by atoms with E-state index in [9.17, 15) is 4.79 Å². The highest BCUT2D eigenvalue weighted by atomic mass is 35.5. The Kier molecular flexibility index (Phi) is 6.00. The Morgan fingerprint density at radius 3 is 3.08 bits per heavy atom. The summed E-state index contributed by atoms with van der Waals surface area (Å²) in [5, 5.41) is 3.04. The summed E-state index contributed by atoms with van der Waals surface area (Å²) in [6.07, 6.45) is 8.27. The normalized spacial score (nSPS) is 22.8. The Morgan fingerprint density at radius 2 is 2.27 bits per heavy atom. The van der Waals surface area contributed by atoms with Crippen LogP contribution in [-0.2, 0) is 4.79 Å². The Bertz CT molecular complexity index is 811. The Morgan fingerprint density at radius 1 is 1.38 bits per heavy atom. The average Bonchev–Trinajstić information content (AvgIpc) is 3.28. The second kappa shape index (κ2) is 8.24. The van der Waals surface area contributed by atoms with Crippen molar-refractivity contribution in [3.8, 4) is 0 Å². The minimum Gasteiger partial charge on any atom is -0.351 e. The first kappa shape index (κ1) is 18.9. The van der Waals surface area contributed by atoms with Crippen molar-refractivity contribution in [2.45, 2.75) is 25.3 Å². The fraction of sp³-hybridized carbons (Fsp3) is 0.500. The number of hydrogen-bond acceptors (Lipinski definition) is 7. The fourth-order valence-corrected chi connectivity index (χ4v) is 4.29. The van der Waals surface area contributed by atoms with E-state index >= 15 is 0 Å². The number of halogens is 1. The number of fused-ring (bicyclic) bond motifs is 1. The summed E-state index contributed by atoms with van der Waals surface area (Å²) < 4.78 is 0. The van der Waals surface area contributed by atoms with Crippen LogP contribution in [0.4, 0.5) is 5.82 Å². The standard InChI is InChI=1S/C16H21N7OS.ClH/c17-11-3-1-2-10(11)6-18-16(24)12-7-23(4-5-25-12)15-13-14(20-8-19-13)21-9-22-15;/h7-11H,1-6,17H2,(H,18,24)(H,19,20,21,22);1H/t10-,11-;/m0./s1. The lowest BCUT2D eigenvalue weighted by Gasteiger charge is -2.25. The molecule has 140 valence electrons. The van der Waals surface area contributed by atoms with Gasteiger partial charge in [-0.2, -0.15) is 0 Å². The van der Waals surface area contributed by atoms with Crippen molar-refractivity contribution in [3.05, 3.63) is 23.8 Å². The van der Waals surface area contributed by atoms with Crippen LogP contribution in [0.2, 0.25) is 0 Å². The average molecular weight is 396 g/mol. The van der Waals surface area contributed by atoms with Crippen LogP contribution in [0.25, 0.3) is 11.2 Å². The van der Waals surface area contributed by atoms with Gasteiger partial charge in [-0.15, -0.1) is 24.2 Å². The lowest BCUT2D eigenvalue weighted by Crippen LogP contribution is -2.37. The number of imidazole rings is 1. The lowest BCUT2D eigenvalue weighted by atomic mass is 10.1. The third-order valence-corrected chi connectivity index (χ3v) is 5.79. The number of amides is 1. The number of carbonyl (C=O) groups excluding carboxylic acids is 1. The summed E-state index contributed by atoms with van der Waals surface area (Å²) >= 11 is 1.56. The van der Waals surface area contributed by atoms with Gasteiger partial charge in [0.15, 0.2) is 17.0 Å². The van der Waals surface area contributed by atoms with E-state index in [0.717, 1.165) is 37.4 Å². The molecule has 4 N–H and O–H groups in total. The SMILES string of the molecule is Cl.N[C@H]1CCC[C@H]1CNC(=O)C1=CN(c2ncnc3[nH]cnc23)CCS1. The topological polar surface area (TPSA) is 113 Å². The quantitative estimate of drug-likeness (QED) is 0.717. The summed E-state index contributed by atoms with van der Waals surface area (Å²) in [6.45, 7) is 1.42. The molecular weight excluding hydrogens is 374 g/mol. The van der Waals surface area contributed by atoms with Gasteiger partial charge >= 0.3 is 0 Å². The number of carbonyl (C=O) groups is 1. The molecule has 3 heterocycles. The molecule has 1 aliphatic heterocycles. The molecule has 0 saturated heterocycles. The highest BCUT2D eigenvalue weighted by Gasteiger charge is 2.26. The van der Waals surface area contributed by atoms with Gasteiger partial charge in [0.05, 0.1) is 11.2 Å². The van der Waals surface area contributed by atoms with E-state index in [-0.39, 0.29) is 24.4 Å². The Labute approximate surface area is 161 Å². The molecule has 26 heavy (non-hydrogen) atoms. The van der Waals surface area contributed by atoms with Crippen molar-refractivity contribution in [1.29, 1.82) is 0 Å². The molecule has 0 unspecified atom stereocenters. The number of aromatic nitrogens is 4. The number of aromatic amines is 1. The minimum atomic E-state index is -0.0406. The van der Waals surface area contributed by atoms with Crippen molar-refractivity contribution in [2.24, 2.45) is 11.7 Å². The molecule has 1 aliphatic carbocycles. The van der Waals surface area contributed by atoms with Crippen molar-refractivity contribution < 1.29 is 4.79 Å². The zero-order valence-electron chi connectivity index (χ0n) is 14.2. The predicted octanol–water partition coefficient (Wildman–Crippen LogP) is 1.41. The van der Waals surface area contributed by atoms with E-state index in [1.165, 1.54) is 6.33 Å². The molecule has 0 radical (unpaired) electrons. The van der Waals surface area contributed by atoms with Gasteiger partial charge in [-0.3, -0.25) is 4.79 Å². The van der Waals surface area contributed by atoms with E-state index < -0.39 is 0 Å². The number of nitrogens with zero attached hydrogens (tertiary/aromatic N) is 4. The van der Waals surface area contributed by atoms with Crippen LogP contribution in [0.15, 0.2) is 23.8 Å². The molecule has 0 spiro atoms. The van der Waals surface area contributed by atoms with Crippen LogP contribution in [0.1, 0.15) is 19.3 Å². The Hall–Kier alpha value is -1.84. The maximum absolute atomic E-state index is 12.5. The van der Waals surface area contributed by atoms with Crippen molar-refractivity contribution >= 4 is 47.1 Å². The minimum absolute atomic E-state index is 0. The Balaban J connectivity index is 0.00000196. The fourth-order valence-electron chi connectivity index (χ4n) is 3.38. The molecule has 0 bridgehead atoms. The smallest absolute Gasteiger partial charge is 0.259 e. The summed E-state index contributed by atoms with van der Waals surface area (Å²) in [4.78, 5) is 31.0. The summed E-state index contributed by atoms with van der Waals surface area (Å²) in [5.41, 5.74) is 7.48. The lowest BCUT2D eigenvalue weighted by molar-refractivity contribution is -0.117. The van der Waals surface area contributed by atoms with Crippen LogP contribution < -0.4 is 16.0 Å². The third kappa shape index (κ3) is 3.79. The first-order valence-corrected chi connectivity index (χ1v) is 9.50. The number of H-pyrrole nitrogens is 1. The number of nitrogens with one attached hydrogen (secondary N) is 2. The third-order valence-electron chi connectivity index (χ3n) is 4.80. The number of hydrogen-bond donors (Lipinski definition) is 3. The molecule has 2 aromatic rings. The molecule has 2 aromatic heterocycles. The van der Waals surface area contributed by atoms with Gasteiger partial charge in [-0.25, -0.2) is 15.0 Å². The van der Waals surface area contributed by atoms with Crippen LogP contribution in [-0.4, -0.2) is 50.7 Å². The van der Waals surface area contributed by atoms with Crippen LogP contribution in [0, 0.1) is 5.92 Å². The number of thioether (sulfide) groups is 1. The molecule has 1 amide bonds. The monoisotopic (exact) mass is 395 g/mol. The van der Waals surface area contributed by atoms with E-state index in [0.29, 0.717) is 28.5 Å². The number of anilines is 1. The van der Waals surface area contributed by atoms with Gasteiger partial charge in [0.1, 0.15) is 6.33 Å². The second-order valence-corrected chi connectivity index (χ2v) is 7.53. The van der Waals surface area contributed by atoms with Crippen molar-refractivity contribution in [2.75, 3.05) is 23.7 Å².